The summed E-state index contributed by atoms with van der Waals surface area (Å²) >= 11 is 1.62. The lowest BCUT2D eigenvalue weighted by molar-refractivity contribution is 0.129. The average Bonchev–Trinajstić information content (AvgIpc) is 2.99. The Labute approximate surface area is 161 Å². The monoisotopic (exact) mass is 384 g/mol. The molecule has 0 aliphatic heterocycles. The van der Waals surface area contributed by atoms with Gasteiger partial charge in [-0.1, -0.05) is 12.1 Å². The Morgan fingerprint density at radius 2 is 1.89 bits per heavy atom. The molecule has 3 rings (SSSR count). The van der Waals surface area contributed by atoms with Crippen LogP contribution in [0.1, 0.15) is 13.8 Å². The van der Waals surface area contributed by atoms with E-state index in [0.717, 1.165) is 4.90 Å². The highest BCUT2D eigenvalue weighted by atomic mass is 32.2. The SMILES string of the molecule is CSc1ccc(OC(=N)n2c(NC(=O)OC(C)C)nc3ccccc32)cc1. The molecule has 1 amide bonds. The van der Waals surface area contributed by atoms with E-state index in [-0.39, 0.29) is 18.1 Å². The average molecular weight is 384 g/mol. The number of nitrogens with zero attached hydrogens (tertiary/aromatic N) is 2. The number of anilines is 1. The minimum atomic E-state index is -0.640. The van der Waals surface area contributed by atoms with Crippen molar-refractivity contribution in [1.29, 1.82) is 5.41 Å². The van der Waals surface area contributed by atoms with Crippen LogP contribution in [0.3, 0.4) is 0 Å². The first kappa shape index (κ1) is 18.8. The van der Waals surface area contributed by atoms with Gasteiger partial charge in [-0.05, 0) is 56.5 Å². The van der Waals surface area contributed by atoms with E-state index < -0.39 is 6.09 Å². The molecule has 0 bridgehead atoms. The predicted molar refractivity (Wildman–Crippen MR) is 107 cm³/mol. The molecule has 0 radical (unpaired) electrons. The Morgan fingerprint density at radius 3 is 2.56 bits per heavy atom. The lowest BCUT2D eigenvalue weighted by Gasteiger charge is -2.13. The van der Waals surface area contributed by atoms with Gasteiger partial charge in [0.1, 0.15) is 5.75 Å². The first-order chi connectivity index (χ1) is 13.0. The molecule has 0 saturated heterocycles. The van der Waals surface area contributed by atoms with Crippen molar-refractivity contribution in [3.8, 4) is 5.75 Å². The van der Waals surface area contributed by atoms with Crippen molar-refractivity contribution in [1.82, 2.24) is 9.55 Å². The third kappa shape index (κ3) is 4.40. The maximum absolute atomic E-state index is 12.0. The second-order valence-corrected chi connectivity index (χ2v) is 6.80. The molecule has 2 aromatic carbocycles. The fraction of sp³-hybridized carbons (Fsp3) is 0.211. The van der Waals surface area contributed by atoms with Crippen LogP contribution < -0.4 is 10.1 Å². The number of hydrogen-bond donors (Lipinski definition) is 2. The van der Waals surface area contributed by atoms with Crippen molar-refractivity contribution in [2.75, 3.05) is 11.6 Å². The van der Waals surface area contributed by atoms with Crippen molar-refractivity contribution < 1.29 is 14.3 Å². The van der Waals surface area contributed by atoms with E-state index in [1.165, 1.54) is 4.57 Å². The van der Waals surface area contributed by atoms with Crippen molar-refractivity contribution in [2.45, 2.75) is 24.8 Å². The molecule has 1 aromatic heterocycles. The first-order valence-electron chi connectivity index (χ1n) is 8.34. The molecule has 0 atom stereocenters. The number of carbonyl (C=O) groups is 1. The Bertz CT molecular complexity index is 967. The van der Waals surface area contributed by atoms with Crippen LogP contribution in [0.4, 0.5) is 10.7 Å². The Balaban J connectivity index is 1.91. The highest BCUT2D eigenvalue weighted by molar-refractivity contribution is 7.98. The molecule has 0 aliphatic rings. The van der Waals surface area contributed by atoms with E-state index in [1.807, 2.05) is 30.5 Å². The molecule has 1 heterocycles. The fourth-order valence-corrected chi connectivity index (χ4v) is 2.86. The van der Waals surface area contributed by atoms with Crippen molar-refractivity contribution in [3.63, 3.8) is 0 Å². The molecule has 3 aromatic rings. The van der Waals surface area contributed by atoms with Gasteiger partial charge >= 0.3 is 12.1 Å². The van der Waals surface area contributed by atoms with Gasteiger partial charge in [0.05, 0.1) is 17.1 Å². The van der Waals surface area contributed by atoms with Crippen LogP contribution in [0.25, 0.3) is 11.0 Å². The second-order valence-electron chi connectivity index (χ2n) is 5.92. The van der Waals surface area contributed by atoms with Gasteiger partial charge in [-0.25, -0.2) is 14.3 Å². The number of fused-ring (bicyclic) bond motifs is 1. The smallest absolute Gasteiger partial charge is 0.414 e. The zero-order valence-electron chi connectivity index (χ0n) is 15.2. The van der Waals surface area contributed by atoms with Gasteiger partial charge in [0.25, 0.3) is 0 Å². The van der Waals surface area contributed by atoms with Crippen LogP contribution in [-0.2, 0) is 4.74 Å². The molecule has 0 fully saturated rings. The molecule has 0 saturated carbocycles. The Kier molecular flexibility index (Phi) is 5.66. The number of benzene rings is 2. The van der Waals surface area contributed by atoms with Crippen molar-refractivity contribution >= 4 is 40.9 Å². The lowest BCUT2D eigenvalue weighted by Crippen LogP contribution is -2.24. The number of carbonyl (C=O) groups excluding carboxylic acids is 1. The summed E-state index contributed by atoms with van der Waals surface area (Å²) in [6.07, 6.45) is 1.08. The Morgan fingerprint density at radius 1 is 1.19 bits per heavy atom. The van der Waals surface area contributed by atoms with Gasteiger partial charge < -0.3 is 9.47 Å². The first-order valence-corrected chi connectivity index (χ1v) is 9.56. The summed E-state index contributed by atoms with van der Waals surface area (Å²) in [4.78, 5) is 17.5. The number of aromatic nitrogens is 2. The third-order valence-corrected chi connectivity index (χ3v) is 4.34. The van der Waals surface area contributed by atoms with Gasteiger partial charge in [0.2, 0.25) is 5.95 Å². The van der Waals surface area contributed by atoms with E-state index in [4.69, 9.17) is 14.9 Å². The maximum Gasteiger partial charge on any atom is 0.414 e. The number of ether oxygens (including phenoxy) is 2. The molecular formula is C19H20N4O3S. The molecule has 140 valence electrons. The highest BCUT2D eigenvalue weighted by Crippen LogP contribution is 2.23. The second kappa shape index (κ2) is 8.13. The molecule has 0 aliphatic carbocycles. The van der Waals surface area contributed by atoms with Gasteiger partial charge in [-0.2, -0.15) is 0 Å². The number of nitrogens with one attached hydrogen (secondary N) is 2. The summed E-state index contributed by atoms with van der Waals surface area (Å²) in [6.45, 7) is 3.51. The van der Waals surface area contributed by atoms with E-state index in [1.54, 1.807) is 49.9 Å². The highest BCUT2D eigenvalue weighted by Gasteiger charge is 2.19. The van der Waals surface area contributed by atoms with E-state index in [2.05, 4.69) is 10.3 Å². The lowest BCUT2D eigenvalue weighted by atomic mass is 10.3. The molecule has 2 N–H and O–H groups in total. The quantitative estimate of drug-likeness (QED) is 0.390. The van der Waals surface area contributed by atoms with E-state index in [9.17, 15) is 4.79 Å². The number of amides is 1. The molecule has 8 heteroatoms. The third-order valence-electron chi connectivity index (χ3n) is 3.59. The van der Waals surface area contributed by atoms with Gasteiger partial charge in [-0.3, -0.25) is 10.7 Å². The number of imidazole rings is 1. The fourth-order valence-electron chi connectivity index (χ4n) is 2.45. The van der Waals surface area contributed by atoms with Crippen molar-refractivity contribution in [3.05, 3.63) is 48.5 Å². The van der Waals surface area contributed by atoms with Crippen LogP contribution in [0.2, 0.25) is 0 Å². The van der Waals surface area contributed by atoms with Gasteiger partial charge in [0.15, 0.2) is 0 Å². The van der Waals surface area contributed by atoms with Crippen molar-refractivity contribution in [2.24, 2.45) is 0 Å². The normalized spacial score (nSPS) is 10.8. The molecule has 27 heavy (non-hydrogen) atoms. The largest absolute Gasteiger partial charge is 0.447 e. The zero-order chi connectivity index (χ0) is 19.4. The Hall–Kier alpha value is -3.00. The summed E-state index contributed by atoms with van der Waals surface area (Å²) in [5, 5.41) is 11.0. The van der Waals surface area contributed by atoms with Gasteiger partial charge in [-0.15, -0.1) is 11.8 Å². The minimum absolute atomic E-state index is 0.160. The van der Waals surface area contributed by atoms with E-state index >= 15 is 0 Å². The topological polar surface area (TPSA) is 89.2 Å². The number of hydrogen-bond acceptors (Lipinski definition) is 6. The number of rotatable bonds is 4. The molecule has 0 spiro atoms. The number of thioether (sulfide) groups is 1. The van der Waals surface area contributed by atoms with E-state index in [0.29, 0.717) is 16.8 Å². The molecular weight excluding hydrogens is 364 g/mol. The molecule has 0 unspecified atom stereocenters. The van der Waals surface area contributed by atoms with Crippen LogP contribution >= 0.6 is 11.8 Å². The van der Waals surface area contributed by atoms with Crippen LogP contribution in [-0.4, -0.2) is 34.0 Å². The van der Waals surface area contributed by atoms with Crippen LogP contribution in [0.15, 0.2) is 53.4 Å². The zero-order valence-corrected chi connectivity index (χ0v) is 16.0. The van der Waals surface area contributed by atoms with Crippen LogP contribution in [0, 0.1) is 5.41 Å². The number of para-hydroxylation sites is 2. The summed E-state index contributed by atoms with van der Waals surface area (Å²) in [7, 11) is 0. The summed E-state index contributed by atoms with van der Waals surface area (Å²) in [5.41, 5.74) is 1.27. The molecule has 7 nitrogen and oxygen atoms in total. The maximum atomic E-state index is 12.0. The predicted octanol–water partition coefficient (Wildman–Crippen LogP) is 4.58. The van der Waals surface area contributed by atoms with Crippen LogP contribution in [0.5, 0.6) is 5.75 Å². The standard InChI is InChI=1S/C19H20N4O3S/c1-12(2)25-19(24)22-18-21-15-6-4-5-7-16(15)23(18)17(20)26-13-8-10-14(27-3)11-9-13/h4-12,20H,1-3H3,(H,21,22,24). The van der Waals surface area contributed by atoms with Gasteiger partial charge in [0, 0.05) is 4.90 Å². The minimum Gasteiger partial charge on any atom is -0.447 e. The summed E-state index contributed by atoms with van der Waals surface area (Å²) < 4.78 is 12.2. The summed E-state index contributed by atoms with van der Waals surface area (Å²) in [5.74, 6) is 0.680. The summed E-state index contributed by atoms with van der Waals surface area (Å²) in [6, 6.07) is 14.5.